The van der Waals surface area contributed by atoms with Crippen molar-refractivity contribution in [2.24, 2.45) is 0 Å². The van der Waals surface area contributed by atoms with Gasteiger partial charge in [0.1, 0.15) is 0 Å². The Labute approximate surface area is 60.4 Å². The first-order valence-corrected chi connectivity index (χ1v) is 3.48. The summed E-state index contributed by atoms with van der Waals surface area (Å²) in [6.07, 6.45) is 0. The molecule has 1 fully saturated rings. The van der Waals surface area contributed by atoms with E-state index in [0.717, 1.165) is 0 Å². The minimum absolute atomic E-state index is 0.0255. The van der Waals surface area contributed by atoms with Gasteiger partial charge in [0.2, 0.25) is 0 Å². The molecule has 44 valence electrons. The number of hydrogen-bond donors (Lipinski definition) is 1. The van der Waals surface area contributed by atoms with Gasteiger partial charge < -0.3 is 0 Å². The van der Waals surface area contributed by atoms with Crippen molar-refractivity contribution in [3.05, 3.63) is 0 Å². The van der Waals surface area contributed by atoms with Crippen LogP contribution in [-0.2, 0) is 9.53 Å². The molecule has 4 heteroatoms. The van der Waals surface area contributed by atoms with E-state index < -0.39 is 0 Å². The van der Waals surface area contributed by atoms with Gasteiger partial charge >= 0.3 is 60.0 Å². The molecule has 1 aliphatic rings. The first kappa shape index (κ1) is 6.33. The quantitative estimate of drug-likeness (QED) is 0.310. The predicted molar refractivity (Wildman–Crippen MR) is 34.5 cm³/mol. The molecule has 1 heterocycles. The number of ether oxygens (including phenoxy) is 1. The Morgan fingerprint density at radius 1 is 1.88 bits per heavy atom. The third kappa shape index (κ3) is 0.966. The van der Waals surface area contributed by atoms with E-state index in [9.17, 15) is 4.79 Å². The van der Waals surface area contributed by atoms with E-state index in [1.165, 1.54) is 0 Å². The van der Waals surface area contributed by atoms with Crippen LogP contribution < -0.4 is 0 Å². The second kappa shape index (κ2) is 2.21. The topological polar surface area (TPSA) is 26.3 Å². The van der Waals surface area contributed by atoms with E-state index >= 15 is 0 Å². The zero-order valence-electron chi connectivity index (χ0n) is 3.96. The van der Waals surface area contributed by atoms with Crippen molar-refractivity contribution in [1.82, 2.24) is 0 Å². The second-order valence-electron chi connectivity index (χ2n) is 1.48. The number of cyclic esters (lactones) is 1. The summed E-state index contributed by atoms with van der Waals surface area (Å²) in [6, 6.07) is 0. The van der Waals surface area contributed by atoms with Crippen molar-refractivity contribution in [1.29, 1.82) is 0 Å². The van der Waals surface area contributed by atoms with Gasteiger partial charge in [-0.1, -0.05) is 0 Å². The third-order valence-corrected chi connectivity index (χ3v) is 2.62. The molecule has 1 aliphatic heterocycles. The third-order valence-electron chi connectivity index (χ3n) is 0.876. The van der Waals surface area contributed by atoms with Crippen molar-refractivity contribution in [3.63, 3.8) is 0 Å². The van der Waals surface area contributed by atoms with Gasteiger partial charge in [-0.15, -0.1) is 0 Å². The van der Waals surface area contributed by atoms with E-state index in [4.69, 9.17) is 0 Å². The van der Waals surface area contributed by atoms with Gasteiger partial charge in [-0.25, -0.2) is 0 Å². The van der Waals surface area contributed by atoms with Gasteiger partial charge in [-0.3, -0.25) is 0 Å². The van der Waals surface area contributed by atoms with E-state index in [1.807, 2.05) is 0 Å². The van der Waals surface area contributed by atoms with Crippen LogP contribution in [0.3, 0.4) is 0 Å². The average molecular weight is 195 g/mol. The number of hydrogen-bond acceptors (Lipinski definition) is 3. The summed E-state index contributed by atoms with van der Waals surface area (Å²) >= 11 is 6.64. The molecule has 0 bridgehead atoms. The van der Waals surface area contributed by atoms with Crippen molar-refractivity contribution < 1.29 is 9.53 Å². The first-order chi connectivity index (χ1) is 3.72. The summed E-state index contributed by atoms with van der Waals surface area (Å²) in [5.41, 5.74) is 0. The van der Waals surface area contributed by atoms with Crippen LogP contribution in [0.4, 0.5) is 0 Å². The Morgan fingerprint density at radius 2 is 2.50 bits per heavy atom. The Bertz CT molecular complexity index is 145. The van der Waals surface area contributed by atoms with Gasteiger partial charge in [0.25, 0.3) is 0 Å². The SMILES string of the molecule is O=C1OCC(S)C1=[Se]. The summed E-state index contributed by atoms with van der Waals surface area (Å²) in [4.78, 5) is 10.4. The summed E-state index contributed by atoms with van der Waals surface area (Å²) < 4.78 is 5.18. The summed E-state index contributed by atoms with van der Waals surface area (Å²) in [6.45, 7) is 0.407. The van der Waals surface area contributed by atoms with Gasteiger partial charge in [0.05, 0.1) is 0 Å². The van der Waals surface area contributed by atoms with Crippen LogP contribution in [0.5, 0.6) is 0 Å². The zero-order chi connectivity index (χ0) is 6.15. The molecule has 1 saturated heterocycles. The number of rotatable bonds is 0. The molecular formula is C4H4O2SSe. The number of carbonyl (C=O) groups excluding carboxylic acids is 1. The summed E-state index contributed by atoms with van der Waals surface area (Å²) in [5.74, 6) is -0.259. The van der Waals surface area contributed by atoms with Crippen molar-refractivity contribution in [3.8, 4) is 0 Å². The molecule has 1 atom stereocenters. The maximum atomic E-state index is 10.4. The molecule has 0 saturated carbocycles. The molecule has 0 aliphatic carbocycles. The zero-order valence-corrected chi connectivity index (χ0v) is 6.56. The standard InChI is InChI=1S/C4H4O2SSe/c5-4-3(8)2(7)1-6-4/h2,7H,1H2. The average Bonchev–Trinajstić information content (AvgIpc) is 1.98. The molecule has 0 aromatic rings. The minimum atomic E-state index is -0.259. The molecule has 2 nitrogen and oxygen atoms in total. The summed E-state index contributed by atoms with van der Waals surface area (Å²) in [5, 5.41) is -0.0255. The van der Waals surface area contributed by atoms with Crippen molar-refractivity contribution in [2.45, 2.75) is 5.25 Å². The van der Waals surface area contributed by atoms with Gasteiger partial charge in [0, 0.05) is 0 Å². The maximum absolute atomic E-state index is 10.4. The van der Waals surface area contributed by atoms with Crippen LogP contribution >= 0.6 is 12.6 Å². The van der Waals surface area contributed by atoms with E-state index in [-0.39, 0.29) is 11.2 Å². The number of thiol groups is 1. The predicted octanol–water partition coefficient (Wildman–Crippen LogP) is -0.817. The Balaban J connectivity index is 2.71. The molecule has 0 radical (unpaired) electrons. The van der Waals surface area contributed by atoms with Gasteiger partial charge in [0.15, 0.2) is 0 Å². The first-order valence-electron chi connectivity index (χ1n) is 2.11. The number of carbonyl (C=O) groups is 1. The van der Waals surface area contributed by atoms with Crippen molar-refractivity contribution >= 4 is 38.6 Å². The van der Waals surface area contributed by atoms with Crippen LogP contribution in [-0.4, -0.2) is 37.8 Å². The van der Waals surface area contributed by atoms with Gasteiger partial charge in [-0.2, -0.15) is 0 Å². The molecule has 8 heavy (non-hydrogen) atoms. The normalized spacial score (nSPS) is 28.4. The molecule has 0 aromatic heterocycles. The second-order valence-corrected chi connectivity index (χ2v) is 3.02. The van der Waals surface area contributed by atoms with Crippen LogP contribution in [0.2, 0.25) is 0 Å². The summed E-state index contributed by atoms with van der Waals surface area (Å²) in [7, 11) is 0. The molecular weight excluding hydrogens is 191 g/mol. The van der Waals surface area contributed by atoms with Crippen LogP contribution in [0, 0.1) is 0 Å². The fourth-order valence-electron chi connectivity index (χ4n) is 0.437. The fraction of sp³-hybridized carbons (Fsp3) is 0.500. The van der Waals surface area contributed by atoms with Crippen LogP contribution in [0.25, 0.3) is 0 Å². The monoisotopic (exact) mass is 196 g/mol. The Morgan fingerprint density at radius 3 is 2.62 bits per heavy atom. The molecule has 1 unspecified atom stereocenters. The van der Waals surface area contributed by atoms with Crippen LogP contribution in [0.15, 0.2) is 0 Å². The number of esters is 1. The van der Waals surface area contributed by atoms with Crippen LogP contribution in [0.1, 0.15) is 0 Å². The fourth-order valence-corrected chi connectivity index (χ4v) is 0.884. The van der Waals surface area contributed by atoms with Crippen molar-refractivity contribution in [2.75, 3.05) is 6.61 Å². The van der Waals surface area contributed by atoms with E-state index in [0.29, 0.717) is 11.0 Å². The molecule has 0 N–H and O–H groups in total. The molecule has 1 rings (SSSR count). The Hall–Kier alpha value is 0.209. The molecule has 0 spiro atoms. The van der Waals surface area contributed by atoms with Gasteiger partial charge in [-0.05, 0) is 0 Å². The van der Waals surface area contributed by atoms with E-state index in [1.54, 1.807) is 0 Å². The molecule has 0 amide bonds. The molecule has 0 aromatic carbocycles. The Kier molecular flexibility index (Phi) is 1.75. The van der Waals surface area contributed by atoms with E-state index in [2.05, 4.69) is 32.9 Å².